The normalized spacial score (nSPS) is 15.6. The number of methoxy groups -OCH3 is 1. The highest BCUT2D eigenvalue weighted by Gasteiger charge is 2.34. The Bertz CT molecular complexity index is 1510. The summed E-state index contributed by atoms with van der Waals surface area (Å²) in [6.07, 6.45) is 1.34. The molecule has 3 aromatic rings. The van der Waals surface area contributed by atoms with Gasteiger partial charge in [0.05, 0.1) is 40.6 Å². The number of aromatic carboxylic acids is 1. The van der Waals surface area contributed by atoms with Gasteiger partial charge in [-0.25, -0.2) is 14.6 Å². The Hall–Kier alpha value is -3.98. The summed E-state index contributed by atoms with van der Waals surface area (Å²) in [5, 5.41) is 9.12. The fraction of sp³-hybridized carbons (Fsp3) is 0.231. The van der Waals surface area contributed by atoms with Crippen molar-refractivity contribution in [3.63, 3.8) is 0 Å². The van der Waals surface area contributed by atoms with Crippen LogP contribution >= 0.6 is 11.3 Å². The number of allylic oxidation sites excluding steroid dienone is 1. The van der Waals surface area contributed by atoms with Gasteiger partial charge in [0, 0.05) is 0 Å². The molecule has 4 rings (SSSR count). The molecule has 1 N–H and O–H groups in total. The van der Waals surface area contributed by atoms with Crippen LogP contribution in [0.3, 0.4) is 0 Å². The second-order valence-corrected chi connectivity index (χ2v) is 9.25. The number of hydrogen-bond donors (Lipinski definition) is 1. The minimum Gasteiger partial charge on any atom is -0.497 e. The number of thiazole rings is 1. The van der Waals surface area contributed by atoms with E-state index in [0.29, 0.717) is 31.9 Å². The van der Waals surface area contributed by atoms with Crippen LogP contribution < -0.4 is 19.6 Å². The molecule has 2 heterocycles. The summed E-state index contributed by atoms with van der Waals surface area (Å²) in [6.45, 7) is 5.25. The van der Waals surface area contributed by atoms with E-state index in [-0.39, 0.29) is 22.8 Å². The number of carbonyl (C=O) groups is 2. The van der Waals surface area contributed by atoms with Crippen molar-refractivity contribution in [1.82, 2.24) is 4.57 Å². The van der Waals surface area contributed by atoms with E-state index < -0.39 is 18.0 Å². The number of ether oxygens (including phenoxy) is 2. The third kappa shape index (κ3) is 4.81. The van der Waals surface area contributed by atoms with Crippen molar-refractivity contribution in [2.24, 2.45) is 4.99 Å². The van der Waals surface area contributed by atoms with E-state index in [1.54, 1.807) is 64.3 Å². The number of rotatable bonds is 6. The third-order valence-electron chi connectivity index (χ3n) is 5.45. The van der Waals surface area contributed by atoms with Crippen LogP contribution in [0.1, 0.15) is 48.3 Å². The average Bonchev–Trinajstić information content (AvgIpc) is 3.12. The Labute approximate surface area is 205 Å². The van der Waals surface area contributed by atoms with E-state index in [1.807, 2.05) is 6.07 Å². The summed E-state index contributed by atoms with van der Waals surface area (Å²) >= 11 is 1.20. The van der Waals surface area contributed by atoms with E-state index in [2.05, 4.69) is 4.99 Å². The van der Waals surface area contributed by atoms with Gasteiger partial charge in [0.15, 0.2) is 4.80 Å². The van der Waals surface area contributed by atoms with Crippen molar-refractivity contribution < 1.29 is 24.2 Å². The number of benzene rings is 2. The molecule has 8 nitrogen and oxygen atoms in total. The zero-order valence-electron chi connectivity index (χ0n) is 19.6. The molecule has 1 aliphatic heterocycles. The smallest absolute Gasteiger partial charge is 0.338 e. The van der Waals surface area contributed by atoms with Crippen LogP contribution in [0.2, 0.25) is 0 Å². The Balaban J connectivity index is 1.91. The van der Waals surface area contributed by atoms with Gasteiger partial charge in [-0.05, 0) is 62.2 Å². The van der Waals surface area contributed by atoms with Crippen LogP contribution in [0, 0.1) is 0 Å². The third-order valence-corrected chi connectivity index (χ3v) is 6.43. The lowest BCUT2D eigenvalue weighted by molar-refractivity contribution is -0.143. The van der Waals surface area contributed by atoms with Crippen molar-refractivity contribution in [3.05, 3.63) is 96.2 Å². The van der Waals surface area contributed by atoms with Gasteiger partial charge in [-0.2, -0.15) is 0 Å². The van der Waals surface area contributed by atoms with Gasteiger partial charge in [-0.1, -0.05) is 35.6 Å². The average molecular weight is 493 g/mol. The van der Waals surface area contributed by atoms with Gasteiger partial charge in [-0.3, -0.25) is 9.36 Å². The second-order valence-electron chi connectivity index (χ2n) is 8.24. The minimum absolute atomic E-state index is 0.158. The highest BCUT2D eigenvalue weighted by molar-refractivity contribution is 7.07. The fourth-order valence-electron chi connectivity index (χ4n) is 3.86. The summed E-state index contributed by atoms with van der Waals surface area (Å²) in [6, 6.07) is 12.7. The van der Waals surface area contributed by atoms with Gasteiger partial charge in [0.2, 0.25) is 0 Å². The molecule has 1 atom stereocenters. The molecule has 0 saturated carbocycles. The largest absolute Gasteiger partial charge is 0.497 e. The van der Waals surface area contributed by atoms with Crippen LogP contribution in [0.25, 0.3) is 6.08 Å². The van der Waals surface area contributed by atoms with E-state index >= 15 is 0 Å². The molecule has 1 unspecified atom stereocenters. The summed E-state index contributed by atoms with van der Waals surface area (Å²) in [5.74, 6) is -0.965. The zero-order valence-corrected chi connectivity index (χ0v) is 20.5. The Kier molecular flexibility index (Phi) is 6.70. The number of aromatic nitrogens is 1. The van der Waals surface area contributed by atoms with Crippen molar-refractivity contribution >= 4 is 29.4 Å². The van der Waals surface area contributed by atoms with E-state index in [0.717, 1.165) is 0 Å². The number of carboxylic acids is 1. The van der Waals surface area contributed by atoms with E-state index in [1.165, 1.54) is 28.0 Å². The highest BCUT2D eigenvalue weighted by atomic mass is 32.1. The Morgan fingerprint density at radius 1 is 1.17 bits per heavy atom. The second kappa shape index (κ2) is 9.71. The first-order valence-corrected chi connectivity index (χ1v) is 11.7. The van der Waals surface area contributed by atoms with Crippen molar-refractivity contribution in [2.75, 3.05) is 7.11 Å². The van der Waals surface area contributed by atoms with Gasteiger partial charge in [0.25, 0.3) is 5.56 Å². The van der Waals surface area contributed by atoms with Gasteiger partial charge in [-0.15, -0.1) is 0 Å². The summed E-state index contributed by atoms with van der Waals surface area (Å²) in [4.78, 5) is 42.9. The molecule has 0 aliphatic carbocycles. The maximum absolute atomic E-state index is 13.6. The summed E-state index contributed by atoms with van der Waals surface area (Å²) in [5.41, 5.74) is 1.97. The monoisotopic (exact) mass is 492 g/mol. The molecule has 0 radical (unpaired) electrons. The van der Waals surface area contributed by atoms with E-state index in [9.17, 15) is 14.4 Å². The quantitative estimate of drug-likeness (QED) is 0.531. The van der Waals surface area contributed by atoms with Crippen LogP contribution in [-0.4, -0.2) is 34.8 Å². The molecule has 0 saturated heterocycles. The molecule has 0 amide bonds. The predicted molar refractivity (Wildman–Crippen MR) is 131 cm³/mol. The number of carboxylic acid groups (broad SMARTS) is 1. The van der Waals surface area contributed by atoms with E-state index in [4.69, 9.17) is 14.6 Å². The molecule has 9 heteroatoms. The fourth-order valence-corrected chi connectivity index (χ4v) is 4.91. The van der Waals surface area contributed by atoms with Crippen molar-refractivity contribution in [2.45, 2.75) is 32.9 Å². The number of carbonyl (C=O) groups excluding carboxylic acids is 1. The predicted octanol–water partition coefficient (Wildman–Crippen LogP) is 2.89. The molecule has 0 bridgehead atoms. The lowest BCUT2D eigenvalue weighted by atomic mass is 9.95. The summed E-state index contributed by atoms with van der Waals surface area (Å²) < 4.78 is 12.8. The maximum atomic E-state index is 13.6. The minimum atomic E-state index is -1.02. The number of fused-ring (bicyclic) bond motifs is 1. The SMILES string of the molecule is COc1cccc(C2C(C(=O)OC(C)C)=C(C)N=c3s/c(=C/c4ccc(C(=O)O)cc4)c(=O)n32)c1. The first kappa shape index (κ1) is 24.2. The Morgan fingerprint density at radius 2 is 1.89 bits per heavy atom. The van der Waals surface area contributed by atoms with Crippen LogP contribution in [0.4, 0.5) is 0 Å². The number of hydrogen-bond acceptors (Lipinski definition) is 7. The lowest BCUT2D eigenvalue weighted by Crippen LogP contribution is -2.40. The number of esters is 1. The topological polar surface area (TPSA) is 107 Å². The molecular weight excluding hydrogens is 468 g/mol. The summed E-state index contributed by atoms with van der Waals surface area (Å²) in [7, 11) is 1.55. The van der Waals surface area contributed by atoms with Crippen LogP contribution in [0.15, 0.2) is 69.6 Å². The molecule has 1 aliphatic rings. The van der Waals surface area contributed by atoms with Gasteiger partial charge in [0.1, 0.15) is 5.75 Å². The zero-order chi connectivity index (χ0) is 25.3. The Morgan fingerprint density at radius 3 is 2.51 bits per heavy atom. The van der Waals surface area contributed by atoms with Crippen LogP contribution in [-0.2, 0) is 9.53 Å². The molecule has 1 aromatic heterocycles. The molecule has 35 heavy (non-hydrogen) atoms. The maximum Gasteiger partial charge on any atom is 0.338 e. The standard InChI is InChI=1S/C26H24N2O6S/c1-14(2)34-25(32)21-15(3)27-26-28(22(21)18-6-5-7-19(13-18)33-4)23(29)20(35-26)12-16-8-10-17(11-9-16)24(30)31/h5-14,22H,1-4H3,(H,30,31)/b20-12+. The van der Waals surface area contributed by atoms with Gasteiger partial charge < -0.3 is 14.6 Å². The molecular formula is C26H24N2O6S. The first-order chi connectivity index (χ1) is 16.7. The van der Waals surface area contributed by atoms with Crippen molar-refractivity contribution in [3.8, 4) is 5.75 Å². The molecule has 0 spiro atoms. The highest BCUT2D eigenvalue weighted by Crippen LogP contribution is 2.32. The molecule has 0 fully saturated rings. The first-order valence-electron chi connectivity index (χ1n) is 10.9. The van der Waals surface area contributed by atoms with Gasteiger partial charge >= 0.3 is 11.9 Å². The molecule has 2 aromatic carbocycles. The molecule has 180 valence electrons. The van der Waals surface area contributed by atoms with Crippen molar-refractivity contribution in [1.29, 1.82) is 0 Å². The van der Waals surface area contributed by atoms with Crippen LogP contribution in [0.5, 0.6) is 5.75 Å². The number of nitrogens with zero attached hydrogens (tertiary/aromatic N) is 2. The lowest BCUT2D eigenvalue weighted by Gasteiger charge is -2.25.